The van der Waals surface area contributed by atoms with E-state index < -0.39 is 82.9 Å². The minimum Gasteiger partial charge on any atom is -0.488 e. The summed E-state index contributed by atoms with van der Waals surface area (Å²) in [5.74, 6) is -3.37. The SMILES string of the molecule is Nc1nc2c(OC(F)(F)F)cc(C(=O)NC[C@](O)(c3cc4c(c(-c5ccc(F)cc5)n3)OC[C@@]4(N)C(F)(F)F)C3CC3)cc2o1. The van der Waals surface area contributed by atoms with Crippen molar-refractivity contribution in [2.45, 2.75) is 36.5 Å². The second-order valence-corrected chi connectivity index (χ2v) is 10.8. The minimum atomic E-state index is -5.15. The highest BCUT2D eigenvalue weighted by Crippen LogP contribution is 2.52. The fourth-order valence-electron chi connectivity index (χ4n) is 5.21. The standard InChI is InChI=1S/C28H22F7N5O5/c29-15-5-1-12(2-6-15)20-22-16(26(37,11-43-22)27(30,31)32)9-19(39-20)25(42,14-3-4-14)10-38-23(41)13-7-17-21(40-24(36)44-17)18(8-13)45-28(33,34)35/h1-2,5-9,14,42H,3-4,10-11,37H2,(H2,36,40)(H,38,41)/t25-,26+/m1/s1. The van der Waals surface area contributed by atoms with Crippen molar-refractivity contribution < 1.29 is 54.5 Å². The van der Waals surface area contributed by atoms with Gasteiger partial charge < -0.3 is 35.8 Å². The van der Waals surface area contributed by atoms with E-state index in [4.69, 9.17) is 20.6 Å². The van der Waals surface area contributed by atoms with Crippen LogP contribution < -0.4 is 26.3 Å². The summed E-state index contributed by atoms with van der Waals surface area (Å²) in [6.07, 6.45) is -9.32. The number of ether oxygens (including phenoxy) is 2. The second kappa shape index (κ2) is 10.2. The monoisotopic (exact) mass is 641 g/mol. The van der Waals surface area contributed by atoms with Crippen molar-refractivity contribution in [1.82, 2.24) is 15.3 Å². The molecule has 2 aliphatic rings. The Balaban J connectivity index is 1.39. The number of nitrogens with zero attached hydrogens (tertiary/aromatic N) is 2. The lowest BCUT2D eigenvalue weighted by molar-refractivity contribution is -0.274. The van der Waals surface area contributed by atoms with Crippen LogP contribution in [0.5, 0.6) is 11.5 Å². The first-order valence-corrected chi connectivity index (χ1v) is 13.3. The Morgan fingerprint density at radius 1 is 1.09 bits per heavy atom. The summed E-state index contributed by atoms with van der Waals surface area (Å²) in [5.41, 5.74) is 4.35. The van der Waals surface area contributed by atoms with E-state index >= 15 is 0 Å². The molecule has 17 heteroatoms. The number of aromatic nitrogens is 2. The van der Waals surface area contributed by atoms with E-state index in [2.05, 4.69) is 20.0 Å². The normalized spacial score (nSPS) is 19.6. The second-order valence-electron chi connectivity index (χ2n) is 10.8. The number of carbonyl (C=O) groups excluding carboxylic acids is 1. The lowest BCUT2D eigenvalue weighted by atomic mass is 9.86. The first-order chi connectivity index (χ1) is 21.0. The summed E-state index contributed by atoms with van der Waals surface area (Å²) in [6.45, 7) is -1.61. The number of halogens is 7. The number of rotatable bonds is 7. The zero-order valence-corrected chi connectivity index (χ0v) is 22.7. The molecule has 1 aliphatic heterocycles. The molecule has 0 saturated heterocycles. The highest BCUT2D eigenvalue weighted by atomic mass is 19.4. The zero-order chi connectivity index (χ0) is 32.5. The van der Waals surface area contributed by atoms with Gasteiger partial charge in [0.25, 0.3) is 11.9 Å². The molecular formula is C28H22F7N5O5. The van der Waals surface area contributed by atoms with Crippen LogP contribution >= 0.6 is 0 Å². The first kappa shape index (κ1) is 30.4. The zero-order valence-electron chi connectivity index (χ0n) is 22.7. The van der Waals surface area contributed by atoms with E-state index in [9.17, 15) is 40.6 Å². The molecule has 4 aromatic rings. The third-order valence-corrected chi connectivity index (χ3v) is 7.70. The van der Waals surface area contributed by atoms with Crippen LogP contribution in [-0.2, 0) is 11.1 Å². The molecule has 1 aliphatic carbocycles. The number of carbonyl (C=O) groups is 1. The van der Waals surface area contributed by atoms with Gasteiger partial charge in [-0.15, -0.1) is 13.2 Å². The molecule has 1 fully saturated rings. The smallest absolute Gasteiger partial charge is 0.488 e. The van der Waals surface area contributed by atoms with Gasteiger partial charge in [0, 0.05) is 16.7 Å². The van der Waals surface area contributed by atoms with Crippen LogP contribution in [0.25, 0.3) is 22.4 Å². The van der Waals surface area contributed by atoms with E-state index in [1.54, 1.807) is 0 Å². The van der Waals surface area contributed by atoms with Crippen molar-refractivity contribution in [2.75, 3.05) is 18.9 Å². The first-order valence-electron chi connectivity index (χ1n) is 13.3. The maximum atomic E-state index is 14.2. The summed E-state index contributed by atoms with van der Waals surface area (Å²) in [5, 5.41) is 14.3. The summed E-state index contributed by atoms with van der Waals surface area (Å²) >= 11 is 0. The molecule has 0 unspecified atom stereocenters. The number of hydrogen-bond donors (Lipinski definition) is 4. The molecule has 0 radical (unpaired) electrons. The number of hydrogen-bond acceptors (Lipinski definition) is 9. The largest absolute Gasteiger partial charge is 0.573 e. The van der Waals surface area contributed by atoms with Crippen molar-refractivity contribution in [2.24, 2.45) is 11.7 Å². The topological polar surface area (TPSA) is 159 Å². The molecule has 6 rings (SSSR count). The minimum absolute atomic E-state index is 0.147. The summed E-state index contributed by atoms with van der Waals surface area (Å²) < 4.78 is 110. The van der Waals surface area contributed by atoms with Gasteiger partial charge in [0.1, 0.15) is 23.7 Å². The van der Waals surface area contributed by atoms with Gasteiger partial charge in [0.2, 0.25) is 0 Å². The predicted molar refractivity (Wildman–Crippen MR) is 141 cm³/mol. The average molecular weight is 642 g/mol. The maximum Gasteiger partial charge on any atom is 0.573 e. The summed E-state index contributed by atoms with van der Waals surface area (Å²) in [7, 11) is 0. The number of oxazole rings is 1. The van der Waals surface area contributed by atoms with Gasteiger partial charge in [-0.25, -0.2) is 9.37 Å². The molecule has 45 heavy (non-hydrogen) atoms. The van der Waals surface area contributed by atoms with Crippen LogP contribution in [0.1, 0.15) is 34.5 Å². The van der Waals surface area contributed by atoms with Gasteiger partial charge in [0.05, 0.1) is 12.2 Å². The number of fused-ring (bicyclic) bond motifs is 2. The van der Waals surface area contributed by atoms with Gasteiger partial charge >= 0.3 is 12.5 Å². The molecule has 3 heterocycles. The number of aliphatic hydroxyl groups is 1. The number of anilines is 1. The van der Waals surface area contributed by atoms with Gasteiger partial charge in [-0.1, -0.05) is 0 Å². The van der Waals surface area contributed by atoms with Crippen molar-refractivity contribution >= 4 is 23.0 Å². The van der Waals surface area contributed by atoms with Crippen LogP contribution in [0.15, 0.2) is 46.9 Å². The average Bonchev–Trinajstić information content (AvgIpc) is 3.66. The van der Waals surface area contributed by atoms with Crippen LogP contribution in [0.3, 0.4) is 0 Å². The van der Waals surface area contributed by atoms with E-state index in [0.717, 1.165) is 30.3 Å². The fourth-order valence-corrected chi connectivity index (χ4v) is 5.21. The van der Waals surface area contributed by atoms with E-state index in [-0.39, 0.29) is 28.3 Å². The van der Waals surface area contributed by atoms with Gasteiger partial charge in [-0.3, -0.25) is 4.79 Å². The lowest BCUT2D eigenvalue weighted by Gasteiger charge is -2.31. The van der Waals surface area contributed by atoms with E-state index in [1.807, 2.05) is 0 Å². The van der Waals surface area contributed by atoms with Crippen molar-refractivity contribution in [3.05, 3.63) is 65.1 Å². The Morgan fingerprint density at radius 2 is 1.78 bits per heavy atom. The Morgan fingerprint density at radius 3 is 2.40 bits per heavy atom. The van der Waals surface area contributed by atoms with Crippen LogP contribution in [0.4, 0.5) is 36.7 Å². The van der Waals surface area contributed by atoms with Crippen LogP contribution in [-0.4, -0.2) is 46.7 Å². The Kier molecular flexibility index (Phi) is 6.89. The molecule has 2 aromatic heterocycles. The highest BCUT2D eigenvalue weighted by Gasteiger charge is 2.59. The number of amides is 1. The van der Waals surface area contributed by atoms with Crippen LogP contribution in [0, 0.1) is 11.7 Å². The Bertz CT molecular complexity index is 1810. The third kappa shape index (κ3) is 5.45. The van der Waals surface area contributed by atoms with Gasteiger partial charge in [0.15, 0.2) is 28.1 Å². The molecular weight excluding hydrogens is 619 g/mol. The molecule has 0 spiro atoms. The number of nitrogens with one attached hydrogen (secondary N) is 1. The number of alkyl halides is 6. The molecule has 1 amide bonds. The van der Waals surface area contributed by atoms with Crippen LogP contribution in [0.2, 0.25) is 0 Å². The maximum absolute atomic E-state index is 14.2. The molecule has 0 bridgehead atoms. The molecule has 1 saturated carbocycles. The molecule has 2 atom stereocenters. The summed E-state index contributed by atoms with van der Waals surface area (Å²) in [6, 6.07) is 6.92. The van der Waals surface area contributed by atoms with E-state index in [0.29, 0.717) is 12.8 Å². The van der Waals surface area contributed by atoms with Gasteiger partial charge in [-0.05, 0) is 61.2 Å². The highest BCUT2D eigenvalue weighted by molar-refractivity contribution is 5.99. The van der Waals surface area contributed by atoms with E-state index in [1.165, 1.54) is 12.1 Å². The number of nitrogen functional groups attached to an aromatic ring is 1. The molecule has 10 nitrogen and oxygen atoms in total. The molecule has 6 N–H and O–H groups in total. The van der Waals surface area contributed by atoms with Crippen molar-refractivity contribution in [3.8, 4) is 22.8 Å². The number of nitrogens with two attached hydrogens (primary N) is 2. The third-order valence-electron chi connectivity index (χ3n) is 7.70. The Labute approximate surface area is 248 Å². The van der Waals surface area contributed by atoms with Gasteiger partial charge in [-0.2, -0.15) is 18.2 Å². The Hall–Kier alpha value is -4.64. The summed E-state index contributed by atoms with van der Waals surface area (Å²) in [4.78, 5) is 21.2. The van der Waals surface area contributed by atoms with Crippen molar-refractivity contribution in [1.29, 1.82) is 0 Å². The lowest BCUT2D eigenvalue weighted by Crippen LogP contribution is -2.52. The number of pyridine rings is 1. The molecule has 2 aromatic carbocycles. The quantitative estimate of drug-likeness (QED) is 0.211. The van der Waals surface area contributed by atoms with Crippen molar-refractivity contribution in [3.63, 3.8) is 0 Å². The molecule has 238 valence electrons. The fraction of sp³-hybridized carbons (Fsp3) is 0.321. The number of benzene rings is 2. The predicted octanol–water partition coefficient (Wildman–Crippen LogP) is 4.65.